The zero-order valence-electron chi connectivity index (χ0n) is 14.5. The van der Waals surface area contributed by atoms with Gasteiger partial charge in [0.15, 0.2) is 5.11 Å². The first-order chi connectivity index (χ1) is 13.1. The number of carbonyl (C=O) groups is 1. The summed E-state index contributed by atoms with van der Waals surface area (Å²) in [6.07, 6.45) is 0.685. The Morgan fingerprint density at radius 3 is 2.52 bits per heavy atom. The molecule has 0 aliphatic heterocycles. The predicted molar refractivity (Wildman–Crippen MR) is 111 cm³/mol. The lowest BCUT2D eigenvalue weighted by Gasteiger charge is -2.10. The number of anilines is 2. The number of esters is 1. The molecular weight excluding hydrogens is 383 g/mol. The number of hydrogen-bond donors (Lipinski definition) is 2. The van der Waals surface area contributed by atoms with Gasteiger partial charge < -0.3 is 15.4 Å². The summed E-state index contributed by atoms with van der Waals surface area (Å²) in [6, 6.07) is 18.0. The summed E-state index contributed by atoms with van der Waals surface area (Å²) in [6.45, 7) is 0. The van der Waals surface area contributed by atoms with Crippen LogP contribution in [0.4, 0.5) is 15.1 Å². The van der Waals surface area contributed by atoms with Crippen LogP contribution < -0.4 is 10.6 Å². The van der Waals surface area contributed by atoms with Gasteiger partial charge in [-0.25, -0.2) is 9.18 Å². The quantitative estimate of drug-likeness (QED) is 0.462. The molecule has 0 aliphatic rings. The Hall–Kier alpha value is -2.77. The summed E-state index contributed by atoms with van der Waals surface area (Å²) < 4.78 is 18.6. The first-order valence-electron chi connectivity index (χ1n) is 8.14. The van der Waals surface area contributed by atoms with Gasteiger partial charge in [-0.2, -0.15) is 0 Å². The smallest absolute Gasteiger partial charge is 0.340 e. The molecule has 0 amide bonds. The second-order valence-corrected chi connectivity index (χ2v) is 7.21. The number of ether oxygens (including phenoxy) is 1. The lowest BCUT2D eigenvalue weighted by Crippen LogP contribution is -2.20. The Morgan fingerprint density at radius 2 is 1.81 bits per heavy atom. The average Bonchev–Trinajstić information content (AvgIpc) is 3.05. The van der Waals surface area contributed by atoms with Gasteiger partial charge in [-0.15, -0.1) is 11.3 Å². The van der Waals surface area contributed by atoms with Crippen LogP contribution in [0.2, 0.25) is 0 Å². The number of halogens is 1. The minimum absolute atomic E-state index is 0.193. The fourth-order valence-electron chi connectivity index (χ4n) is 2.50. The number of rotatable bonds is 5. The molecule has 4 nitrogen and oxygen atoms in total. The maximum Gasteiger partial charge on any atom is 0.340 e. The van der Waals surface area contributed by atoms with Crippen molar-refractivity contribution in [2.24, 2.45) is 0 Å². The lowest BCUT2D eigenvalue weighted by atomic mass is 10.1. The van der Waals surface area contributed by atoms with E-state index in [9.17, 15) is 9.18 Å². The molecule has 0 radical (unpaired) electrons. The molecule has 3 rings (SSSR count). The van der Waals surface area contributed by atoms with E-state index in [1.807, 2.05) is 30.3 Å². The molecule has 2 aromatic carbocycles. The van der Waals surface area contributed by atoms with E-state index in [0.29, 0.717) is 17.0 Å². The van der Waals surface area contributed by atoms with Crippen LogP contribution in [0.5, 0.6) is 0 Å². The Kier molecular flexibility index (Phi) is 6.16. The van der Waals surface area contributed by atoms with E-state index in [-0.39, 0.29) is 10.8 Å². The molecule has 0 unspecified atom stereocenters. The molecule has 0 atom stereocenters. The molecule has 0 fully saturated rings. The van der Waals surface area contributed by atoms with Crippen LogP contribution >= 0.6 is 23.6 Å². The van der Waals surface area contributed by atoms with Gasteiger partial charge in [-0.3, -0.25) is 0 Å². The van der Waals surface area contributed by atoms with Crippen molar-refractivity contribution in [1.82, 2.24) is 0 Å². The zero-order valence-corrected chi connectivity index (χ0v) is 16.1. The number of methoxy groups -OCH3 is 1. The first-order valence-corrected chi connectivity index (χ1v) is 9.37. The van der Waals surface area contributed by atoms with Crippen LogP contribution in [-0.2, 0) is 11.2 Å². The first kappa shape index (κ1) is 19.0. The predicted octanol–water partition coefficient (Wildman–Crippen LogP) is 5.07. The SMILES string of the molecule is COC(=O)c1cc(Cc2ccccc2)sc1NC(=S)Nc1ccccc1F. The highest BCUT2D eigenvalue weighted by Gasteiger charge is 2.18. The van der Waals surface area contributed by atoms with E-state index in [1.165, 1.54) is 24.5 Å². The van der Waals surface area contributed by atoms with Gasteiger partial charge in [0, 0.05) is 11.3 Å². The lowest BCUT2D eigenvalue weighted by molar-refractivity contribution is 0.0602. The van der Waals surface area contributed by atoms with Crippen LogP contribution in [0.15, 0.2) is 60.7 Å². The number of para-hydroxylation sites is 1. The van der Waals surface area contributed by atoms with Crippen LogP contribution in [0.1, 0.15) is 20.8 Å². The monoisotopic (exact) mass is 400 g/mol. The van der Waals surface area contributed by atoms with Gasteiger partial charge in [0.05, 0.1) is 18.4 Å². The summed E-state index contributed by atoms with van der Waals surface area (Å²) in [7, 11) is 1.33. The molecular formula is C20H17FN2O2S2. The average molecular weight is 401 g/mol. The minimum atomic E-state index is -0.457. The van der Waals surface area contributed by atoms with Crippen LogP contribution in [0, 0.1) is 5.82 Å². The van der Waals surface area contributed by atoms with Crippen LogP contribution in [-0.4, -0.2) is 18.2 Å². The number of hydrogen-bond acceptors (Lipinski definition) is 4. The maximum atomic E-state index is 13.8. The van der Waals surface area contributed by atoms with Crippen molar-refractivity contribution >= 4 is 45.3 Å². The highest BCUT2D eigenvalue weighted by molar-refractivity contribution is 7.80. The third-order valence-electron chi connectivity index (χ3n) is 3.76. The molecule has 7 heteroatoms. The van der Waals surface area contributed by atoms with E-state index in [1.54, 1.807) is 24.3 Å². The Labute approximate surface area is 166 Å². The summed E-state index contributed by atoms with van der Waals surface area (Å²) in [5.74, 6) is -0.868. The molecule has 2 N–H and O–H groups in total. The second-order valence-electron chi connectivity index (χ2n) is 5.67. The number of thiocarbonyl (C=S) groups is 1. The number of benzene rings is 2. The molecule has 1 aromatic heterocycles. The molecule has 1 heterocycles. The Bertz CT molecular complexity index is 958. The topological polar surface area (TPSA) is 50.4 Å². The van der Waals surface area contributed by atoms with Crippen molar-refractivity contribution in [2.45, 2.75) is 6.42 Å². The normalized spacial score (nSPS) is 10.3. The minimum Gasteiger partial charge on any atom is -0.465 e. The van der Waals surface area contributed by atoms with Gasteiger partial charge in [0.25, 0.3) is 0 Å². The van der Waals surface area contributed by atoms with Gasteiger partial charge in [-0.1, -0.05) is 42.5 Å². The highest BCUT2D eigenvalue weighted by Crippen LogP contribution is 2.31. The summed E-state index contributed by atoms with van der Waals surface area (Å²) >= 11 is 6.67. The number of carbonyl (C=O) groups excluding carboxylic acids is 1. The molecule has 27 heavy (non-hydrogen) atoms. The van der Waals surface area contributed by atoms with Gasteiger partial charge >= 0.3 is 5.97 Å². The number of thiophene rings is 1. The highest BCUT2D eigenvalue weighted by atomic mass is 32.1. The van der Waals surface area contributed by atoms with E-state index >= 15 is 0 Å². The Balaban J connectivity index is 1.79. The third kappa shape index (κ3) is 4.90. The van der Waals surface area contributed by atoms with Crippen molar-refractivity contribution in [3.63, 3.8) is 0 Å². The molecule has 3 aromatic rings. The molecule has 138 valence electrons. The zero-order chi connectivity index (χ0) is 19.2. The van der Waals surface area contributed by atoms with Crippen LogP contribution in [0.3, 0.4) is 0 Å². The van der Waals surface area contributed by atoms with Crippen molar-refractivity contribution in [2.75, 3.05) is 17.7 Å². The molecule has 0 saturated heterocycles. The largest absolute Gasteiger partial charge is 0.465 e. The van der Waals surface area contributed by atoms with Crippen LogP contribution in [0.25, 0.3) is 0 Å². The fraction of sp³-hybridized carbons (Fsp3) is 0.100. The second kappa shape index (κ2) is 8.75. The molecule has 0 aliphatic carbocycles. The maximum absolute atomic E-state index is 13.8. The summed E-state index contributed by atoms with van der Waals surface area (Å²) in [4.78, 5) is 13.1. The van der Waals surface area contributed by atoms with E-state index in [2.05, 4.69) is 10.6 Å². The molecule has 0 bridgehead atoms. The number of nitrogens with one attached hydrogen (secondary N) is 2. The van der Waals surface area contributed by atoms with E-state index < -0.39 is 11.8 Å². The van der Waals surface area contributed by atoms with Crippen molar-refractivity contribution in [1.29, 1.82) is 0 Å². The van der Waals surface area contributed by atoms with Gasteiger partial charge in [0.1, 0.15) is 10.8 Å². The standard InChI is InChI=1S/C20H17FN2O2S2/c1-25-19(24)15-12-14(11-13-7-3-2-4-8-13)27-18(15)23-20(26)22-17-10-6-5-9-16(17)21/h2-10,12H,11H2,1H3,(H2,22,23,26). The molecule has 0 spiro atoms. The van der Waals surface area contributed by atoms with Crippen molar-refractivity contribution in [3.05, 3.63) is 82.5 Å². The van der Waals surface area contributed by atoms with E-state index in [0.717, 1.165) is 10.4 Å². The summed E-state index contributed by atoms with van der Waals surface area (Å²) in [5.41, 5.74) is 1.79. The van der Waals surface area contributed by atoms with Gasteiger partial charge in [0.2, 0.25) is 0 Å². The fourth-order valence-corrected chi connectivity index (χ4v) is 3.86. The summed E-state index contributed by atoms with van der Waals surface area (Å²) in [5, 5.41) is 6.53. The van der Waals surface area contributed by atoms with Gasteiger partial charge in [-0.05, 0) is 36.0 Å². The van der Waals surface area contributed by atoms with E-state index in [4.69, 9.17) is 17.0 Å². The van der Waals surface area contributed by atoms with Crippen molar-refractivity contribution < 1.29 is 13.9 Å². The van der Waals surface area contributed by atoms with Crippen molar-refractivity contribution in [3.8, 4) is 0 Å². The third-order valence-corrected chi connectivity index (χ3v) is 5.01. The Morgan fingerprint density at radius 1 is 1.11 bits per heavy atom. The molecule has 0 saturated carbocycles.